The van der Waals surface area contributed by atoms with E-state index >= 15 is 0 Å². The van der Waals surface area contributed by atoms with E-state index < -0.39 is 15.7 Å². The zero-order chi connectivity index (χ0) is 15.5. The fourth-order valence-electron chi connectivity index (χ4n) is 3.14. The summed E-state index contributed by atoms with van der Waals surface area (Å²) < 4.78 is 34.8. The van der Waals surface area contributed by atoms with Crippen LogP contribution in [0.25, 0.3) is 0 Å². The Morgan fingerprint density at radius 3 is 2.48 bits per heavy atom. The van der Waals surface area contributed by atoms with E-state index in [-0.39, 0.29) is 12.1 Å². The summed E-state index contributed by atoms with van der Waals surface area (Å²) in [6, 6.07) is -0.137. The lowest BCUT2D eigenvalue weighted by Crippen LogP contribution is -2.57. The first-order valence-corrected chi connectivity index (χ1v) is 9.43. The number of hydrogen-bond acceptors (Lipinski definition) is 4. The molecule has 1 heterocycles. The van der Waals surface area contributed by atoms with E-state index in [2.05, 4.69) is 4.72 Å². The van der Waals surface area contributed by atoms with Gasteiger partial charge >= 0.3 is 0 Å². The predicted octanol–water partition coefficient (Wildman–Crippen LogP) is 0.982. The van der Waals surface area contributed by atoms with E-state index in [1.807, 2.05) is 13.8 Å². The Hall–Kier alpha value is -0.210. The van der Waals surface area contributed by atoms with Gasteiger partial charge in [-0.15, -0.1) is 0 Å². The summed E-state index contributed by atoms with van der Waals surface area (Å²) in [6.07, 6.45) is 6.29. The Morgan fingerprint density at radius 1 is 1.24 bits per heavy atom. The van der Waals surface area contributed by atoms with Crippen LogP contribution in [0.2, 0.25) is 0 Å². The van der Waals surface area contributed by atoms with Gasteiger partial charge in [-0.05, 0) is 26.7 Å². The second kappa shape index (κ2) is 6.91. The van der Waals surface area contributed by atoms with Crippen LogP contribution in [0.5, 0.6) is 0 Å². The van der Waals surface area contributed by atoms with Crippen molar-refractivity contribution in [2.24, 2.45) is 5.73 Å². The molecule has 1 aliphatic carbocycles. The Labute approximate surface area is 128 Å². The summed E-state index contributed by atoms with van der Waals surface area (Å²) in [5, 5.41) is 0. The van der Waals surface area contributed by atoms with Crippen molar-refractivity contribution in [2.75, 3.05) is 19.7 Å². The molecule has 21 heavy (non-hydrogen) atoms. The highest BCUT2D eigenvalue weighted by atomic mass is 32.2. The molecule has 0 bridgehead atoms. The van der Waals surface area contributed by atoms with Gasteiger partial charge in [-0.1, -0.05) is 25.7 Å². The van der Waals surface area contributed by atoms with E-state index in [0.717, 1.165) is 25.7 Å². The van der Waals surface area contributed by atoms with Crippen LogP contribution in [0.15, 0.2) is 0 Å². The Bertz CT molecular complexity index is 433. The molecule has 2 rings (SSSR count). The number of ether oxygens (including phenoxy) is 1. The monoisotopic (exact) mass is 319 g/mol. The second-order valence-electron chi connectivity index (χ2n) is 6.67. The molecule has 2 aliphatic rings. The van der Waals surface area contributed by atoms with E-state index in [0.29, 0.717) is 19.7 Å². The number of morpholine rings is 1. The Balaban J connectivity index is 1.96. The van der Waals surface area contributed by atoms with Crippen LogP contribution in [-0.2, 0) is 14.9 Å². The first kappa shape index (κ1) is 17.1. The van der Waals surface area contributed by atoms with Crippen LogP contribution in [-0.4, -0.2) is 50.1 Å². The van der Waals surface area contributed by atoms with Crippen LogP contribution >= 0.6 is 0 Å². The third kappa shape index (κ3) is 4.63. The van der Waals surface area contributed by atoms with Gasteiger partial charge in [0.05, 0.1) is 12.7 Å². The minimum atomic E-state index is -3.49. The quantitative estimate of drug-likeness (QED) is 0.757. The maximum Gasteiger partial charge on any atom is 0.279 e. The van der Waals surface area contributed by atoms with Crippen molar-refractivity contribution >= 4 is 10.2 Å². The van der Waals surface area contributed by atoms with Crippen molar-refractivity contribution < 1.29 is 13.2 Å². The van der Waals surface area contributed by atoms with Crippen molar-refractivity contribution in [2.45, 2.75) is 70.1 Å². The SMILES string of the molecule is C[C@@H]1CN(S(=O)(=O)NCC2(N)CCCCCC2)[C@H](C)CO1. The number of nitrogens with zero attached hydrogens (tertiary/aromatic N) is 1. The highest BCUT2D eigenvalue weighted by molar-refractivity contribution is 7.87. The molecule has 0 aromatic carbocycles. The Kier molecular flexibility index (Phi) is 5.65. The normalized spacial score (nSPS) is 31.8. The van der Waals surface area contributed by atoms with Crippen molar-refractivity contribution in [3.8, 4) is 0 Å². The minimum absolute atomic E-state index is 0.0671. The lowest BCUT2D eigenvalue weighted by molar-refractivity contribution is -0.0175. The summed E-state index contributed by atoms with van der Waals surface area (Å²) in [5.74, 6) is 0. The van der Waals surface area contributed by atoms with Gasteiger partial charge in [0.15, 0.2) is 0 Å². The predicted molar refractivity (Wildman–Crippen MR) is 83.1 cm³/mol. The Morgan fingerprint density at radius 2 is 1.86 bits per heavy atom. The van der Waals surface area contributed by atoms with Gasteiger partial charge in [0.2, 0.25) is 0 Å². The van der Waals surface area contributed by atoms with Gasteiger partial charge in [0.1, 0.15) is 0 Å². The molecule has 1 saturated carbocycles. The summed E-state index contributed by atoms with van der Waals surface area (Å²) in [7, 11) is -3.49. The highest BCUT2D eigenvalue weighted by Gasteiger charge is 2.35. The largest absolute Gasteiger partial charge is 0.375 e. The smallest absolute Gasteiger partial charge is 0.279 e. The molecule has 6 nitrogen and oxygen atoms in total. The van der Waals surface area contributed by atoms with Gasteiger partial charge in [-0.3, -0.25) is 0 Å². The number of rotatable bonds is 4. The van der Waals surface area contributed by atoms with Crippen LogP contribution in [0.1, 0.15) is 52.4 Å². The highest BCUT2D eigenvalue weighted by Crippen LogP contribution is 2.25. The standard InChI is InChI=1S/C14H29N3O3S/c1-12-10-20-13(2)9-17(12)21(18,19)16-11-14(15)7-5-3-4-6-8-14/h12-13,16H,3-11,15H2,1-2H3/t12-,13-/m1/s1. The maximum atomic E-state index is 12.5. The lowest BCUT2D eigenvalue weighted by Gasteiger charge is -2.37. The molecule has 2 atom stereocenters. The summed E-state index contributed by atoms with van der Waals surface area (Å²) in [6.45, 7) is 4.93. The molecule has 1 aliphatic heterocycles. The molecular formula is C14H29N3O3S. The number of nitrogens with two attached hydrogens (primary N) is 1. The van der Waals surface area contributed by atoms with Gasteiger partial charge in [0, 0.05) is 24.7 Å². The van der Waals surface area contributed by atoms with Gasteiger partial charge in [-0.2, -0.15) is 12.7 Å². The summed E-state index contributed by atoms with van der Waals surface area (Å²) >= 11 is 0. The average Bonchev–Trinajstić information content (AvgIpc) is 2.65. The third-order valence-electron chi connectivity index (χ3n) is 4.57. The van der Waals surface area contributed by atoms with E-state index in [9.17, 15) is 8.42 Å². The topological polar surface area (TPSA) is 84.7 Å². The average molecular weight is 319 g/mol. The minimum Gasteiger partial charge on any atom is -0.375 e. The molecule has 0 unspecified atom stereocenters. The lowest BCUT2D eigenvalue weighted by atomic mass is 9.92. The zero-order valence-corrected chi connectivity index (χ0v) is 14.0. The fourth-order valence-corrected chi connectivity index (χ4v) is 4.71. The number of nitrogens with one attached hydrogen (secondary N) is 1. The van der Waals surface area contributed by atoms with E-state index in [1.54, 1.807) is 0 Å². The molecule has 0 radical (unpaired) electrons. The van der Waals surface area contributed by atoms with E-state index in [1.165, 1.54) is 17.1 Å². The van der Waals surface area contributed by atoms with E-state index in [4.69, 9.17) is 10.5 Å². The molecule has 3 N–H and O–H groups in total. The molecule has 0 spiro atoms. The molecule has 124 valence electrons. The fraction of sp³-hybridized carbons (Fsp3) is 1.00. The van der Waals surface area contributed by atoms with Crippen molar-refractivity contribution in [3.05, 3.63) is 0 Å². The van der Waals surface area contributed by atoms with Crippen molar-refractivity contribution in [1.82, 2.24) is 9.03 Å². The third-order valence-corrected chi connectivity index (χ3v) is 6.20. The van der Waals surface area contributed by atoms with Crippen LogP contribution < -0.4 is 10.5 Å². The summed E-state index contributed by atoms with van der Waals surface area (Å²) in [5.41, 5.74) is 5.99. The van der Waals surface area contributed by atoms with Crippen LogP contribution in [0.4, 0.5) is 0 Å². The molecule has 0 aromatic rings. The molecule has 0 aromatic heterocycles. The molecule has 0 amide bonds. The molecule has 1 saturated heterocycles. The van der Waals surface area contributed by atoms with Crippen molar-refractivity contribution in [3.63, 3.8) is 0 Å². The van der Waals surface area contributed by atoms with Crippen LogP contribution in [0.3, 0.4) is 0 Å². The summed E-state index contributed by atoms with van der Waals surface area (Å²) in [4.78, 5) is 0. The maximum absolute atomic E-state index is 12.5. The number of hydrogen-bond donors (Lipinski definition) is 2. The van der Waals surface area contributed by atoms with Gasteiger partial charge in [-0.25, -0.2) is 4.72 Å². The zero-order valence-electron chi connectivity index (χ0n) is 13.2. The first-order chi connectivity index (χ1) is 9.82. The molecule has 2 fully saturated rings. The first-order valence-electron chi connectivity index (χ1n) is 7.99. The molecular weight excluding hydrogens is 290 g/mol. The van der Waals surface area contributed by atoms with Crippen LogP contribution in [0, 0.1) is 0 Å². The molecule has 7 heteroatoms. The van der Waals surface area contributed by atoms with Crippen molar-refractivity contribution in [1.29, 1.82) is 0 Å². The van der Waals surface area contributed by atoms with Gasteiger partial charge in [0.25, 0.3) is 10.2 Å². The van der Waals surface area contributed by atoms with Gasteiger partial charge < -0.3 is 10.5 Å². The second-order valence-corrected chi connectivity index (χ2v) is 8.37.